The van der Waals surface area contributed by atoms with Crippen molar-refractivity contribution in [2.45, 2.75) is 54.4 Å². The number of rotatable bonds is 7. The highest BCUT2D eigenvalue weighted by Gasteiger charge is 2.47. The Hall–Kier alpha value is -2.48. The number of anilines is 1. The predicted octanol–water partition coefficient (Wildman–Crippen LogP) is 6.42. The Labute approximate surface area is 203 Å². The van der Waals surface area contributed by atoms with Crippen molar-refractivity contribution in [1.29, 1.82) is 0 Å². The lowest BCUT2D eigenvalue weighted by molar-refractivity contribution is -0.343. The summed E-state index contributed by atoms with van der Waals surface area (Å²) < 4.78 is 29.9. The molecular weight excluding hydrogens is 487 g/mol. The fourth-order valence-electron chi connectivity index (χ4n) is 4.86. The lowest BCUT2D eigenvalue weighted by Crippen LogP contribution is -2.25. The van der Waals surface area contributed by atoms with Crippen LogP contribution in [0.1, 0.15) is 62.2 Å². The van der Waals surface area contributed by atoms with E-state index in [0.717, 1.165) is 50.1 Å². The van der Waals surface area contributed by atoms with Gasteiger partial charge < -0.3 is 10.3 Å². The van der Waals surface area contributed by atoms with Crippen LogP contribution < -0.4 is 5.32 Å². The number of amides is 1. The van der Waals surface area contributed by atoms with Gasteiger partial charge in [-0.15, -0.1) is 0 Å². The number of aromatic amines is 1. The van der Waals surface area contributed by atoms with Gasteiger partial charge in [0.2, 0.25) is 5.91 Å². The molecule has 1 amide bonds. The van der Waals surface area contributed by atoms with Gasteiger partial charge in [0.25, 0.3) is 0 Å². The number of allylic oxidation sites excluding steroid dienone is 2. The number of hydrogen-bond donors (Lipinski definition) is 2. The summed E-state index contributed by atoms with van der Waals surface area (Å²) >= 11 is 3.15. The van der Waals surface area contributed by atoms with E-state index < -0.39 is 7.40 Å². The van der Waals surface area contributed by atoms with Crippen molar-refractivity contribution in [3.8, 4) is 0 Å². The number of benzene rings is 1. The van der Waals surface area contributed by atoms with Crippen molar-refractivity contribution in [2.24, 2.45) is 0 Å². The molecule has 0 atom stereocenters. The third-order valence-electron chi connectivity index (χ3n) is 6.41. The molecule has 1 aromatic heterocycles. The van der Waals surface area contributed by atoms with Crippen molar-refractivity contribution in [3.05, 3.63) is 69.2 Å². The predicted molar refractivity (Wildman–Crippen MR) is 136 cm³/mol. The van der Waals surface area contributed by atoms with E-state index in [1.807, 2.05) is 39.8 Å². The van der Waals surface area contributed by atoms with Crippen LogP contribution in [-0.2, 0) is 11.2 Å². The van der Waals surface area contributed by atoms with Crippen LogP contribution in [0.5, 0.6) is 0 Å². The number of carbonyl (C=O) groups excluding carboxylic acids is 1. The van der Waals surface area contributed by atoms with Crippen LogP contribution >= 0.6 is 15.9 Å². The number of hydrogen-bond acceptors (Lipinski definition) is 1. The molecule has 0 fully saturated rings. The van der Waals surface area contributed by atoms with E-state index in [1.54, 1.807) is 19.1 Å². The molecule has 2 heterocycles. The largest absolute Gasteiger partial charge is 0.934 e. The Morgan fingerprint density at radius 1 is 1.09 bits per heavy atom. The summed E-state index contributed by atoms with van der Waals surface area (Å²) in [6, 6.07) is 7.37. The van der Waals surface area contributed by atoms with E-state index in [9.17, 15) is 13.4 Å². The average molecular weight is 517 g/mol. The molecule has 1 aliphatic heterocycles. The summed E-state index contributed by atoms with van der Waals surface area (Å²) in [6.45, 7) is 11.9. The van der Waals surface area contributed by atoms with Gasteiger partial charge in [-0.1, -0.05) is 41.9 Å². The number of nitrogens with one attached hydrogen (secondary N) is 2. The second kappa shape index (κ2) is 10.2. The van der Waals surface area contributed by atoms with Gasteiger partial charge in [-0.25, -0.2) is 13.1 Å². The second-order valence-corrected chi connectivity index (χ2v) is 8.82. The Morgan fingerprint density at radius 2 is 1.73 bits per heavy atom. The SMILES string of the molecule is CCC1=C(C)/C(=C(\c2ccc(NC(=O)CBr)cc2)c2[nH]c(C)c(CC)c2C)[N+](B(F)F)=C1C. The minimum absolute atomic E-state index is 0.152. The van der Waals surface area contributed by atoms with E-state index in [4.69, 9.17) is 0 Å². The van der Waals surface area contributed by atoms with Crippen molar-refractivity contribution in [2.75, 3.05) is 10.6 Å². The lowest BCUT2D eigenvalue weighted by Gasteiger charge is -2.13. The van der Waals surface area contributed by atoms with Crippen molar-refractivity contribution in [1.82, 2.24) is 4.98 Å². The zero-order chi connectivity index (χ0) is 24.4. The molecule has 1 aliphatic rings. The molecule has 1 aromatic carbocycles. The van der Waals surface area contributed by atoms with Crippen molar-refractivity contribution >= 4 is 46.2 Å². The summed E-state index contributed by atoms with van der Waals surface area (Å²) in [6.07, 6.45) is 1.53. The van der Waals surface area contributed by atoms with Crippen LogP contribution in [0.3, 0.4) is 0 Å². The Kier molecular flexibility index (Phi) is 7.78. The van der Waals surface area contributed by atoms with E-state index in [-0.39, 0.29) is 11.2 Å². The molecule has 0 spiro atoms. The quantitative estimate of drug-likeness (QED) is 0.323. The number of alkyl halides is 1. The third kappa shape index (κ3) is 4.63. The van der Waals surface area contributed by atoms with Crippen LogP contribution in [-0.4, -0.2) is 33.8 Å². The summed E-state index contributed by atoms with van der Waals surface area (Å²) in [4.78, 5) is 15.2. The first-order valence-electron chi connectivity index (χ1n) is 11.2. The molecule has 174 valence electrons. The molecule has 0 aliphatic carbocycles. The normalized spacial score (nSPS) is 15.4. The van der Waals surface area contributed by atoms with Crippen LogP contribution in [0.25, 0.3) is 5.57 Å². The van der Waals surface area contributed by atoms with Gasteiger partial charge in [-0.2, -0.15) is 0 Å². The smallest absolute Gasteiger partial charge is 0.358 e. The summed E-state index contributed by atoms with van der Waals surface area (Å²) in [7, 11) is -2.66. The van der Waals surface area contributed by atoms with Gasteiger partial charge >= 0.3 is 7.40 Å². The molecule has 2 aromatic rings. The lowest BCUT2D eigenvalue weighted by atomic mass is 9.92. The standard InChI is InChI=1S/C25H29BBrF2N3O/c1-7-20-14(3)24(30-16(20)5)23(18-9-11-19(12-10-18)31-22(33)13-27)25-15(4)21(8-2)17(6)32(25)26(28)29/h9-12H,7-8,13H2,1-6H3,(H,30,31,33)/p+1. The average Bonchev–Trinajstić information content (AvgIpc) is 3.20. The minimum atomic E-state index is -2.66. The molecule has 0 bridgehead atoms. The first-order valence-corrected chi connectivity index (χ1v) is 12.3. The molecule has 2 N–H and O–H groups in total. The first-order chi connectivity index (χ1) is 15.7. The number of aryl methyl sites for hydroxylation is 1. The number of nitrogens with zero attached hydrogens (tertiary/aromatic N) is 1. The van der Waals surface area contributed by atoms with E-state index in [1.165, 1.54) is 5.56 Å². The molecule has 0 saturated carbocycles. The molecule has 33 heavy (non-hydrogen) atoms. The highest BCUT2D eigenvalue weighted by molar-refractivity contribution is 9.09. The van der Waals surface area contributed by atoms with Gasteiger partial charge in [0.05, 0.1) is 16.6 Å². The van der Waals surface area contributed by atoms with Crippen LogP contribution in [0.4, 0.5) is 14.3 Å². The number of halogens is 3. The van der Waals surface area contributed by atoms with Crippen LogP contribution in [0.2, 0.25) is 0 Å². The highest BCUT2D eigenvalue weighted by atomic mass is 79.9. The molecule has 0 unspecified atom stereocenters. The van der Waals surface area contributed by atoms with Crippen molar-refractivity contribution in [3.63, 3.8) is 0 Å². The fraction of sp³-hybridized carbons (Fsp3) is 0.360. The Bertz CT molecular complexity index is 1180. The van der Waals surface area contributed by atoms with Crippen molar-refractivity contribution < 1.29 is 17.9 Å². The maximum absolute atomic E-state index is 14.4. The summed E-state index contributed by atoms with van der Waals surface area (Å²) in [5.41, 5.74) is 9.31. The van der Waals surface area contributed by atoms with E-state index in [0.29, 0.717) is 23.5 Å². The maximum Gasteiger partial charge on any atom is 0.934 e. The Morgan fingerprint density at radius 3 is 2.21 bits per heavy atom. The van der Waals surface area contributed by atoms with Crippen LogP contribution in [0.15, 0.2) is 41.1 Å². The second-order valence-electron chi connectivity index (χ2n) is 8.26. The zero-order valence-corrected chi connectivity index (χ0v) is 21.6. The molecule has 0 saturated heterocycles. The summed E-state index contributed by atoms with van der Waals surface area (Å²) in [5.74, 6) is -0.152. The number of H-pyrrole nitrogens is 1. The van der Waals surface area contributed by atoms with Gasteiger partial charge in [0.15, 0.2) is 11.4 Å². The minimum Gasteiger partial charge on any atom is -0.358 e. The van der Waals surface area contributed by atoms with E-state index >= 15 is 0 Å². The van der Waals surface area contributed by atoms with Gasteiger partial charge in [-0.3, -0.25) is 4.79 Å². The van der Waals surface area contributed by atoms with Gasteiger partial charge in [0, 0.05) is 29.5 Å². The molecule has 4 nitrogen and oxygen atoms in total. The van der Waals surface area contributed by atoms with Gasteiger partial charge in [-0.05, 0) is 62.4 Å². The third-order valence-corrected chi connectivity index (χ3v) is 6.92. The monoisotopic (exact) mass is 516 g/mol. The fourth-order valence-corrected chi connectivity index (χ4v) is 5.00. The van der Waals surface area contributed by atoms with Crippen LogP contribution in [0, 0.1) is 13.8 Å². The zero-order valence-electron chi connectivity index (χ0n) is 20.0. The molecule has 0 radical (unpaired) electrons. The topological polar surface area (TPSA) is 47.9 Å². The Balaban J connectivity index is 2.34. The molecule has 8 heteroatoms. The maximum atomic E-state index is 14.4. The molecule has 3 rings (SSSR count). The van der Waals surface area contributed by atoms with E-state index in [2.05, 4.69) is 33.2 Å². The highest BCUT2D eigenvalue weighted by Crippen LogP contribution is 2.39. The molecular formula is C25H30BBrF2N3O+. The summed E-state index contributed by atoms with van der Waals surface area (Å²) in [5, 5.41) is 3.01. The number of aromatic nitrogens is 1. The first kappa shape index (κ1) is 25.2. The van der Waals surface area contributed by atoms with Gasteiger partial charge in [0.1, 0.15) is 0 Å². The number of carbonyl (C=O) groups is 1.